The summed E-state index contributed by atoms with van der Waals surface area (Å²) >= 11 is 0. The number of hydrogen-bond donors (Lipinski definition) is 1. The highest BCUT2D eigenvalue weighted by molar-refractivity contribution is 5.74. The number of benzene rings is 1. The fourth-order valence-corrected chi connectivity index (χ4v) is 3.39. The van der Waals surface area contributed by atoms with E-state index in [9.17, 15) is 4.79 Å². The molecule has 28 heavy (non-hydrogen) atoms. The lowest BCUT2D eigenvalue weighted by molar-refractivity contribution is 0.201. The van der Waals surface area contributed by atoms with Gasteiger partial charge in [-0.2, -0.15) is 10.2 Å². The molecule has 2 heterocycles. The van der Waals surface area contributed by atoms with Crippen LogP contribution in [0.4, 0.5) is 4.79 Å². The number of rotatable bonds is 6. The molecule has 0 saturated heterocycles. The van der Waals surface area contributed by atoms with Gasteiger partial charge in [0.1, 0.15) is 0 Å². The zero-order valence-electron chi connectivity index (χ0n) is 17.2. The predicted octanol–water partition coefficient (Wildman–Crippen LogP) is 3.52. The maximum Gasteiger partial charge on any atom is 0.317 e. The number of hydrogen-bond acceptors (Lipinski definition) is 3. The molecular formula is C21H28N6O. The smallest absolute Gasteiger partial charge is 0.317 e. The molecule has 3 aromatic rings. The number of carbonyl (C=O) groups is 1. The van der Waals surface area contributed by atoms with Crippen LogP contribution in [0, 0.1) is 13.8 Å². The number of aromatic nitrogens is 4. The first-order chi connectivity index (χ1) is 13.4. The molecule has 0 aliphatic carbocycles. The SMILES string of the molecule is CC[C@H](NC(=O)N(C)Cc1cccc(-n2nc(C)cc2C)c1)c1ccnn1C. The molecule has 1 N–H and O–H groups in total. The minimum atomic E-state index is -0.107. The molecule has 2 amide bonds. The standard InChI is InChI=1S/C21H28N6O/c1-6-19(20-10-11-22-26(20)5)23-21(28)25(4)14-17-8-7-9-18(13-17)27-16(3)12-15(2)24-27/h7-13,19H,6,14H2,1-5H3,(H,23,28)/t19-/m0/s1. The lowest BCUT2D eigenvalue weighted by atomic mass is 10.1. The first-order valence-corrected chi connectivity index (χ1v) is 9.51. The summed E-state index contributed by atoms with van der Waals surface area (Å²) in [5.41, 5.74) is 5.12. The van der Waals surface area contributed by atoms with Crippen LogP contribution in [-0.4, -0.2) is 37.5 Å². The Balaban J connectivity index is 1.69. The number of urea groups is 1. The average molecular weight is 380 g/mol. The van der Waals surface area contributed by atoms with E-state index in [1.807, 2.05) is 49.8 Å². The number of nitrogens with one attached hydrogen (secondary N) is 1. The summed E-state index contributed by atoms with van der Waals surface area (Å²) in [6.07, 6.45) is 2.55. The van der Waals surface area contributed by atoms with Crippen LogP contribution in [0.1, 0.15) is 42.0 Å². The van der Waals surface area contributed by atoms with Gasteiger partial charge in [-0.3, -0.25) is 4.68 Å². The van der Waals surface area contributed by atoms with Crippen molar-refractivity contribution >= 4 is 6.03 Å². The Morgan fingerprint density at radius 3 is 2.64 bits per heavy atom. The van der Waals surface area contributed by atoms with Crippen molar-refractivity contribution in [3.05, 3.63) is 65.2 Å². The first-order valence-electron chi connectivity index (χ1n) is 9.51. The topological polar surface area (TPSA) is 68.0 Å². The van der Waals surface area contributed by atoms with Crippen LogP contribution in [0.15, 0.2) is 42.6 Å². The van der Waals surface area contributed by atoms with E-state index in [1.165, 1.54) is 0 Å². The normalized spacial score (nSPS) is 12.0. The van der Waals surface area contributed by atoms with E-state index >= 15 is 0 Å². The van der Waals surface area contributed by atoms with Crippen LogP contribution >= 0.6 is 0 Å². The third kappa shape index (κ3) is 4.24. The molecule has 3 rings (SSSR count). The Kier molecular flexibility index (Phi) is 5.82. The summed E-state index contributed by atoms with van der Waals surface area (Å²) in [5.74, 6) is 0. The van der Waals surface area contributed by atoms with Crippen LogP contribution < -0.4 is 5.32 Å². The van der Waals surface area contributed by atoms with Crippen molar-refractivity contribution in [2.24, 2.45) is 7.05 Å². The quantitative estimate of drug-likeness (QED) is 0.711. The minimum Gasteiger partial charge on any atom is -0.330 e. The lowest BCUT2D eigenvalue weighted by Gasteiger charge is -2.23. The molecule has 0 bridgehead atoms. The molecule has 2 aromatic heterocycles. The van der Waals surface area contributed by atoms with E-state index in [1.54, 1.807) is 22.8 Å². The van der Waals surface area contributed by atoms with Crippen LogP contribution in [0.5, 0.6) is 0 Å². The Hall–Kier alpha value is -3.09. The first kappa shape index (κ1) is 19.7. The lowest BCUT2D eigenvalue weighted by Crippen LogP contribution is -2.39. The summed E-state index contributed by atoms with van der Waals surface area (Å²) in [6, 6.07) is 11.9. The highest BCUT2D eigenvalue weighted by Gasteiger charge is 2.18. The maximum atomic E-state index is 12.7. The predicted molar refractivity (Wildman–Crippen MR) is 109 cm³/mol. The van der Waals surface area contributed by atoms with Crippen LogP contribution in [0.2, 0.25) is 0 Å². The van der Waals surface area contributed by atoms with E-state index in [2.05, 4.69) is 34.6 Å². The van der Waals surface area contributed by atoms with E-state index in [0.717, 1.165) is 34.8 Å². The van der Waals surface area contributed by atoms with Crippen molar-refractivity contribution in [2.75, 3.05) is 7.05 Å². The molecule has 0 unspecified atom stereocenters. The van der Waals surface area contributed by atoms with Gasteiger partial charge in [-0.1, -0.05) is 19.1 Å². The van der Waals surface area contributed by atoms with Gasteiger partial charge in [-0.25, -0.2) is 9.48 Å². The summed E-state index contributed by atoms with van der Waals surface area (Å²) in [7, 11) is 3.69. The highest BCUT2D eigenvalue weighted by atomic mass is 16.2. The van der Waals surface area contributed by atoms with Gasteiger partial charge in [0.15, 0.2) is 0 Å². The Bertz CT molecular complexity index is 957. The Morgan fingerprint density at radius 1 is 1.25 bits per heavy atom. The molecule has 7 heteroatoms. The zero-order chi connectivity index (χ0) is 20.3. The van der Waals surface area contributed by atoms with E-state index in [-0.39, 0.29) is 12.1 Å². The number of carbonyl (C=O) groups excluding carboxylic acids is 1. The summed E-state index contributed by atoms with van der Waals surface area (Å²) in [6.45, 7) is 6.59. The zero-order valence-corrected chi connectivity index (χ0v) is 17.2. The molecule has 148 valence electrons. The van der Waals surface area contributed by atoms with Crippen molar-refractivity contribution in [3.63, 3.8) is 0 Å². The monoisotopic (exact) mass is 380 g/mol. The van der Waals surface area contributed by atoms with Gasteiger partial charge in [-0.05, 0) is 50.1 Å². The Labute approximate surface area is 166 Å². The molecule has 0 fully saturated rings. The van der Waals surface area contributed by atoms with Gasteiger partial charge in [-0.15, -0.1) is 0 Å². The van der Waals surface area contributed by atoms with Crippen LogP contribution in [0.25, 0.3) is 5.69 Å². The average Bonchev–Trinajstić information content (AvgIpc) is 3.24. The molecule has 0 saturated carbocycles. The third-order valence-corrected chi connectivity index (χ3v) is 4.85. The second-order valence-corrected chi connectivity index (χ2v) is 7.15. The van der Waals surface area contributed by atoms with E-state index < -0.39 is 0 Å². The summed E-state index contributed by atoms with van der Waals surface area (Å²) < 4.78 is 3.72. The molecule has 7 nitrogen and oxygen atoms in total. The highest BCUT2D eigenvalue weighted by Crippen LogP contribution is 2.17. The molecule has 0 spiro atoms. The van der Waals surface area contributed by atoms with E-state index in [0.29, 0.717) is 6.54 Å². The van der Waals surface area contributed by atoms with Crippen molar-refractivity contribution in [3.8, 4) is 5.69 Å². The second kappa shape index (κ2) is 8.29. The molecule has 0 aliphatic rings. The minimum absolute atomic E-state index is 0.0662. The van der Waals surface area contributed by atoms with Gasteiger partial charge in [0.25, 0.3) is 0 Å². The summed E-state index contributed by atoms with van der Waals surface area (Å²) in [4.78, 5) is 14.4. The molecule has 1 atom stereocenters. The van der Waals surface area contributed by atoms with Gasteiger partial charge in [0.05, 0.1) is 23.1 Å². The largest absolute Gasteiger partial charge is 0.330 e. The number of aryl methyl sites for hydroxylation is 3. The molecule has 0 radical (unpaired) electrons. The third-order valence-electron chi connectivity index (χ3n) is 4.85. The van der Waals surface area contributed by atoms with Crippen molar-refractivity contribution in [1.82, 2.24) is 29.8 Å². The van der Waals surface area contributed by atoms with Crippen molar-refractivity contribution in [1.29, 1.82) is 0 Å². The van der Waals surface area contributed by atoms with Crippen molar-refractivity contribution < 1.29 is 4.79 Å². The van der Waals surface area contributed by atoms with Gasteiger partial charge in [0.2, 0.25) is 0 Å². The molecule has 1 aromatic carbocycles. The second-order valence-electron chi connectivity index (χ2n) is 7.15. The fraction of sp³-hybridized carbons (Fsp3) is 0.381. The number of nitrogens with zero attached hydrogens (tertiary/aromatic N) is 5. The number of amides is 2. The fourth-order valence-electron chi connectivity index (χ4n) is 3.39. The summed E-state index contributed by atoms with van der Waals surface area (Å²) in [5, 5.41) is 11.8. The Morgan fingerprint density at radius 2 is 2.04 bits per heavy atom. The van der Waals surface area contributed by atoms with Gasteiger partial charge in [0, 0.05) is 32.5 Å². The maximum absolute atomic E-state index is 12.7. The van der Waals surface area contributed by atoms with Gasteiger partial charge >= 0.3 is 6.03 Å². The molecule has 0 aliphatic heterocycles. The van der Waals surface area contributed by atoms with Crippen LogP contribution in [-0.2, 0) is 13.6 Å². The van der Waals surface area contributed by atoms with Gasteiger partial charge < -0.3 is 10.2 Å². The van der Waals surface area contributed by atoms with Crippen LogP contribution in [0.3, 0.4) is 0 Å². The van der Waals surface area contributed by atoms with Crippen molar-refractivity contribution in [2.45, 2.75) is 39.8 Å². The van der Waals surface area contributed by atoms with E-state index in [4.69, 9.17) is 0 Å². The molecular weight excluding hydrogens is 352 g/mol.